The van der Waals surface area contributed by atoms with Crippen molar-refractivity contribution in [2.45, 2.75) is 38.8 Å². The number of hydrogen-bond acceptors (Lipinski definition) is 6. The summed E-state index contributed by atoms with van der Waals surface area (Å²) in [5.41, 5.74) is -0.237. The fraction of sp³-hybridized carbons (Fsp3) is 0.500. The maximum Gasteiger partial charge on any atom is 0.407 e. The van der Waals surface area contributed by atoms with Crippen LogP contribution >= 0.6 is 0 Å². The van der Waals surface area contributed by atoms with Crippen LogP contribution in [0, 0.1) is 0 Å². The third-order valence-corrected chi connectivity index (χ3v) is 2.75. The summed E-state index contributed by atoms with van der Waals surface area (Å²) in [6.07, 6.45) is 0.894. The monoisotopic (exact) mass is 337 g/mol. The molecule has 2 amide bonds. The molecule has 0 spiro atoms. The number of rotatable bonds is 6. The van der Waals surface area contributed by atoms with Crippen LogP contribution in [-0.4, -0.2) is 42.2 Å². The van der Waals surface area contributed by atoms with Gasteiger partial charge in [-0.25, -0.2) is 9.59 Å². The molecule has 8 nitrogen and oxygen atoms in total. The van der Waals surface area contributed by atoms with E-state index in [0.29, 0.717) is 5.69 Å². The van der Waals surface area contributed by atoms with Crippen molar-refractivity contribution in [1.29, 1.82) is 0 Å². The number of carbonyl (C=O) groups excluding carboxylic acids is 3. The molecule has 0 saturated heterocycles. The van der Waals surface area contributed by atoms with Crippen molar-refractivity contribution in [3.05, 3.63) is 30.1 Å². The zero-order chi connectivity index (χ0) is 18.2. The second kappa shape index (κ2) is 8.85. The Kier molecular flexibility index (Phi) is 7.16. The van der Waals surface area contributed by atoms with Crippen LogP contribution in [-0.2, 0) is 19.1 Å². The third kappa shape index (κ3) is 7.08. The van der Waals surface area contributed by atoms with Gasteiger partial charge in [0.25, 0.3) is 0 Å². The fourth-order valence-corrected chi connectivity index (χ4v) is 1.74. The Balaban J connectivity index is 2.52. The van der Waals surface area contributed by atoms with Crippen molar-refractivity contribution in [2.24, 2.45) is 0 Å². The summed E-state index contributed by atoms with van der Waals surface area (Å²) in [7, 11) is 1.23. The van der Waals surface area contributed by atoms with Gasteiger partial charge in [-0.1, -0.05) is 6.07 Å². The summed E-state index contributed by atoms with van der Waals surface area (Å²) >= 11 is 0. The van der Waals surface area contributed by atoms with Crippen LogP contribution in [0.5, 0.6) is 0 Å². The van der Waals surface area contributed by atoms with E-state index >= 15 is 0 Å². The van der Waals surface area contributed by atoms with Gasteiger partial charge in [0.2, 0.25) is 5.91 Å². The molecule has 0 aliphatic heterocycles. The van der Waals surface area contributed by atoms with Gasteiger partial charge in [0.1, 0.15) is 5.60 Å². The number of esters is 1. The summed E-state index contributed by atoms with van der Waals surface area (Å²) in [5, 5.41) is 5.01. The number of amides is 2. The second-order valence-electron chi connectivity index (χ2n) is 5.96. The average Bonchev–Trinajstić information content (AvgIpc) is 2.51. The van der Waals surface area contributed by atoms with Crippen molar-refractivity contribution < 1.29 is 23.9 Å². The lowest BCUT2D eigenvalue weighted by Gasteiger charge is -2.20. The number of methoxy groups -OCH3 is 1. The minimum absolute atomic E-state index is 0.0143. The Morgan fingerprint density at radius 3 is 2.50 bits per heavy atom. The van der Waals surface area contributed by atoms with Gasteiger partial charge in [0.05, 0.1) is 12.8 Å². The topological polar surface area (TPSA) is 107 Å². The highest BCUT2D eigenvalue weighted by molar-refractivity contribution is 5.85. The van der Waals surface area contributed by atoms with Crippen LogP contribution in [0.4, 0.5) is 4.79 Å². The minimum atomic E-state index is -0.995. The molecule has 8 heteroatoms. The molecule has 0 aliphatic rings. The normalized spacial score (nSPS) is 12.0. The van der Waals surface area contributed by atoms with Gasteiger partial charge >= 0.3 is 12.1 Å². The van der Waals surface area contributed by atoms with Crippen molar-refractivity contribution >= 4 is 18.0 Å². The highest BCUT2D eigenvalue weighted by Crippen LogP contribution is 2.11. The first-order valence-corrected chi connectivity index (χ1v) is 7.48. The smallest absolute Gasteiger partial charge is 0.407 e. The largest absolute Gasteiger partial charge is 0.467 e. The predicted octanol–water partition coefficient (Wildman–Crippen LogP) is 1.33. The molecule has 0 saturated carbocycles. The molecule has 0 bridgehead atoms. The van der Waals surface area contributed by atoms with Crippen LogP contribution < -0.4 is 10.6 Å². The Hall–Kier alpha value is -2.64. The maximum absolute atomic E-state index is 12.0. The van der Waals surface area contributed by atoms with E-state index in [1.54, 1.807) is 39.0 Å². The van der Waals surface area contributed by atoms with E-state index in [1.807, 2.05) is 0 Å². The molecule has 1 aromatic rings. The van der Waals surface area contributed by atoms with E-state index in [4.69, 9.17) is 4.74 Å². The van der Waals surface area contributed by atoms with Crippen molar-refractivity contribution in [2.75, 3.05) is 13.7 Å². The van der Waals surface area contributed by atoms with Crippen molar-refractivity contribution in [3.8, 4) is 0 Å². The number of hydrogen-bond donors (Lipinski definition) is 2. The zero-order valence-electron chi connectivity index (χ0n) is 14.3. The predicted molar refractivity (Wildman–Crippen MR) is 86.0 cm³/mol. The Morgan fingerprint density at radius 2 is 1.96 bits per heavy atom. The molecule has 132 valence electrons. The molecule has 1 rings (SSSR count). The minimum Gasteiger partial charge on any atom is -0.467 e. The van der Waals surface area contributed by atoms with E-state index in [9.17, 15) is 14.4 Å². The van der Waals surface area contributed by atoms with Gasteiger partial charge in [0.15, 0.2) is 6.04 Å². The molecule has 0 aromatic carbocycles. The third-order valence-electron chi connectivity index (χ3n) is 2.75. The van der Waals surface area contributed by atoms with Gasteiger partial charge in [0, 0.05) is 19.2 Å². The van der Waals surface area contributed by atoms with Crippen molar-refractivity contribution in [3.63, 3.8) is 0 Å². The molecular formula is C16H23N3O5. The molecule has 1 heterocycles. The van der Waals surface area contributed by atoms with E-state index in [2.05, 4.69) is 20.4 Å². The SMILES string of the molecule is COC(=O)[C@H](NC(=O)CCNC(=O)OC(C)(C)C)c1ccccn1. The quantitative estimate of drug-likeness (QED) is 0.758. The Morgan fingerprint density at radius 1 is 1.25 bits per heavy atom. The van der Waals surface area contributed by atoms with E-state index in [1.165, 1.54) is 13.3 Å². The van der Waals surface area contributed by atoms with E-state index in [0.717, 1.165) is 0 Å². The van der Waals surface area contributed by atoms with Gasteiger partial charge in [-0.2, -0.15) is 0 Å². The zero-order valence-corrected chi connectivity index (χ0v) is 14.3. The van der Waals surface area contributed by atoms with Crippen LogP contribution in [0.15, 0.2) is 24.4 Å². The molecule has 0 unspecified atom stereocenters. The lowest BCUT2D eigenvalue weighted by atomic mass is 10.2. The molecule has 1 aromatic heterocycles. The Labute approximate surface area is 140 Å². The molecular weight excluding hydrogens is 314 g/mol. The van der Waals surface area contributed by atoms with E-state index < -0.39 is 29.6 Å². The first-order chi connectivity index (χ1) is 11.2. The number of carbonyl (C=O) groups is 3. The number of aromatic nitrogens is 1. The number of nitrogens with zero attached hydrogens (tertiary/aromatic N) is 1. The molecule has 0 radical (unpaired) electrons. The maximum atomic E-state index is 12.0. The summed E-state index contributed by atoms with van der Waals surface area (Å²) in [6.45, 7) is 5.31. The van der Waals surface area contributed by atoms with Gasteiger partial charge in [-0.3, -0.25) is 9.78 Å². The number of ether oxygens (including phenoxy) is 2. The van der Waals surface area contributed by atoms with Crippen LogP contribution in [0.2, 0.25) is 0 Å². The lowest BCUT2D eigenvalue weighted by Crippen LogP contribution is -2.38. The first kappa shape index (κ1) is 19.4. The van der Waals surface area contributed by atoms with Gasteiger partial charge in [-0.15, -0.1) is 0 Å². The molecule has 1 atom stereocenters. The number of nitrogens with one attached hydrogen (secondary N) is 2. The lowest BCUT2D eigenvalue weighted by molar-refractivity contribution is -0.145. The molecule has 24 heavy (non-hydrogen) atoms. The standard InChI is InChI=1S/C16H23N3O5/c1-16(2,3)24-15(22)18-10-8-12(20)19-13(14(21)23-4)11-7-5-6-9-17-11/h5-7,9,13H,8,10H2,1-4H3,(H,18,22)(H,19,20)/t13-/m1/s1. The van der Waals surface area contributed by atoms with Crippen LogP contribution in [0.25, 0.3) is 0 Å². The van der Waals surface area contributed by atoms with Gasteiger partial charge < -0.3 is 20.1 Å². The van der Waals surface area contributed by atoms with E-state index in [-0.39, 0.29) is 13.0 Å². The van der Waals surface area contributed by atoms with Crippen molar-refractivity contribution in [1.82, 2.24) is 15.6 Å². The summed E-state index contributed by atoms with van der Waals surface area (Å²) in [5.74, 6) is -1.05. The fourth-order valence-electron chi connectivity index (χ4n) is 1.74. The van der Waals surface area contributed by atoms with Gasteiger partial charge in [-0.05, 0) is 32.9 Å². The second-order valence-corrected chi connectivity index (χ2v) is 5.96. The highest BCUT2D eigenvalue weighted by atomic mass is 16.6. The first-order valence-electron chi connectivity index (χ1n) is 7.48. The summed E-state index contributed by atoms with van der Waals surface area (Å²) in [6, 6.07) is 4.02. The van der Waals surface area contributed by atoms with Crippen LogP contribution in [0.1, 0.15) is 38.9 Å². The summed E-state index contributed by atoms with van der Waals surface area (Å²) < 4.78 is 9.74. The number of alkyl carbamates (subject to hydrolysis) is 1. The average molecular weight is 337 g/mol. The number of pyridine rings is 1. The summed E-state index contributed by atoms with van der Waals surface area (Å²) in [4.78, 5) is 39.3. The highest BCUT2D eigenvalue weighted by Gasteiger charge is 2.24. The van der Waals surface area contributed by atoms with Crippen LogP contribution in [0.3, 0.4) is 0 Å². The molecule has 0 aliphatic carbocycles. The molecule has 0 fully saturated rings. The molecule has 2 N–H and O–H groups in total. The Bertz CT molecular complexity index is 569.